The van der Waals surface area contributed by atoms with Crippen LogP contribution in [-0.2, 0) is 11.3 Å². The SMILES string of the molecule is C=CCn1cc(/C=N\NC(=O)CNc2ccc3c(c2)OCO3)c2ccccc21. The van der Waals surface area contributed by atoms with Crippen molar-refractivity contribution in [3.8, 4) is 11.5 Å². The van der Waals surface area contributed by atoms with Crippen LogP contribution in [0.3, 0.4) is 0 Å². The number of fused-ring (bicyclic) bond motifs is 2. The van der Waals surface area contributed by atoms with Crippen LogP contribution < -0.4 is 20.2 Å². The molecule has 2 heterocycles. The van der Waals surface area contributed by atoms with Gasteiger partial charge in [-0.05, 0) is 18.2 Å². The number of para-hydroxylation sites is 1. The summed E-state index contributed by atoms with van der Waals surface area (Å²) in [6.45, 7) is 4.81. The predicted molar refractivity (Wildman–Crippen MR) is 109 cm³/mol. The molecule has 2 aromatic carbocycles. The number of hydrazone groups is 1. The van der Waals surface area contributed by atoms with Crippen LogP contribution in [0.4, 0.5) is 5.69 Å². The van der Waals surface area contributed by atoms with Gasteiger partial charge < -0.3 is 19.4 Å². The van der Waals surface area contributed by atoms with Crippen molar-refractivity contribution in [3.05, 3.63) is 66.9 Å². The fourth-order valence-electron chi connectivity index (χ4n) is 3.07. The number of nitrogens with zero attached hydrogens (tertiary/aromatic N) is 2. The van der Waals surface area contributed by atoms with E-state index in [2.05, 4.69) is 27.0 Å². The third-order valence-electron chi connectivity index (χ3n) is 4.36. The van der Waals surface area contributed by atoms with Crippen LogP contribution in [-0.4, -0.2) is 30.0 Å². The van der Waals surface area contributed by atoms with Crippen molar-refractivity contribution >= 4 is 28.7 Å². The van der Waals surface area contributed by atoms with E-state index in [1.165, 1.54) is 0 Å². The molecule has 1 aromatic heterocycles. The van der Waals surface area contributed by atoms with Crippen LogP contribution in [0.5, 0.6) is 11.5 Å². The average Bonchev–Trinajstić information content (AvgIpc) is 3.31. The number of hydrogen-bond acceptors (Lipinski definition) is 5. The van der Waals surface area contributed by atoms with E-state index >= 15 is 0 Å². The van der Waals surface area contributed by atoms with Gasteiger partial charge in [0.05, 0.1) is 12.8 Å². The summed E-state index contributed by atoms with van der Waals surface area (Å²) in [5.74, 6) is 1.12. The molecule has 1 amide bonds. The largest absolute Gasteiger partial charge is 0.454 e. The smallest absolute Gasteiger partial charge is 0.259 e. The summed E-state index contributed by atoms with van der Waals surface area (Å²) in [5, 5.41) is 8.19. The molecule has 7 nitrogen and oxygen atoms in total. The Balaban J connectivity index is 1.36. The predicted octanol–water partition coefficient (Wildman–Crippen LogP) is 3.12. The molecule has 0 unspecified atom stereocenters. The maximum atomic E-state index is 12.0. The molecule has 3 aromatic rings. The van der Waals surface area contributed by atoms with Gasteiger partial charge in [-0.25, -0.2) is 5.43 Å². The molecular formula is C21H20N4O3. The molecule has 0 radical (unpaired) electrons. The Hall–Kier alpha value is -3.74. The van der Waals surface area contributed by atoms with E-state index in [-0.39, 0.29) is 19.2 Å². The minimum absolute atomic E-state index is 0.0925. The highest BCUT2D eigenvalue weighted by molar-refractivity contribution is 5.99. The summed E-state index contributed by atoms with van der Waals surface area (Å²) >= 11 is 0. The van der Waals surface area contributed by atoms with E-state index in [9.17, 15) is 4.79 Å². The Morgan fingerprint density at radius 3 is 2.96 bits per heavy atom. The van der Waals surface area contributed by atoms with Crippen molar-refractivity contribution in [2.24, 2.45) is 5.10 Å². The van der Waals surface area contributed by atoms with Crippen LogP contribution in [0, 0.1) is 0 Å². The van der Waals surface area contributed by atoms with Gasteiger partial charge in [0.1, 0.15) is 0 Å². The van der Waals surface area contributed by atoms with E-state index in [0.29, 0.717) is 18.0 Å². The third-order valence-corrected chi connectivity index (χ3v) is 4.36. The first-order valence-electron chi connectivity index (χ1n) is 8.89. The molecule has 4 rings (SSSR count). The van der Waals surface area contributed by atoms with Crippen LogP contribution in [0.2, 0.25) is 0 Å². The van der Waals surface area contributed by atoms with Gasteiger partial charge in [-0.1, -0.05) is 24.3 Å². The van der Waals surface area contributed by atoms with Crippen LogP contribution in [0.1, 0.15) is 5.56 Å². The number of rotatable bonds is 7. The summed E-state index contributed by atoms with van der Waals surface area (Å²) in [6, 6.07) is 13.5. The fourth-order valence-corrected chi connectivity index (χ4v) is 3.07. The Labute approximate surface area is 162 Å². The molecule has 1 aliphatic rings. The van der Waals surface area contributed by atoms with Gasteiger partial charge in [0.2, 0.25) is 6.79 Å². The third kappa shape index (κ3) is 3.68. The minimum atomic E-state index is -0.247. The van der Waals surface area contributed by atoms with Crippen molar-refractivity contribution in [2.45, 2.75) is 6.54 Å². The molecular weight excluding hydrogens is 356 g/mol. The lowest BCUT2D eigenvalue weighted by atomic mass is 10.2. The first-order chi connectivity index (χ1) is 13.7. The molecule has 0 aliphatic carbocycles. The van der Waals surface area contributed by atoms with Gasteiger partial charge in [0, 0.05) is 41.0 Å². The van der Waals surface area contributed by atoms with Crippen molar-refractivity contribution in [2.75, 3.05) is 18.7 Å². The summed E-state index contributed by atoms with van der Waals surface area (Å²) < 4.78 is 12.7. The summed E-state index contributed by atoms with van der Waals surface area (Å²) in [4.78, 5) is 12.0. The van der Waals surface area contributed by atoms with Crippen LogP contribution >= 0.6 is 0 Å². The first kappa shape index (κ1) is 17.7. The van der Waals surface area contributed by atoms with E-state index in [0.717, 1.165) is 22.2 Å². The number of benzene rings is 2. The zero-order valence-electron chi connectivity index (χ0n) is 15.2. The molecule has 2 N–H and O–H groups in total. The van der Waals surface area contributed by atoms with E-state index in [1.807, 2.05) is 42.6 Å². The number of carbonyl (C=O) groups excluding carboxylic acids is 1. The Bertz CT molecular complexity index is 1050. The summed E-state index contributed by atoms with van der Waals surface area (Å²) in [5.41, 5.74) is 5.35. The van der Waals surface area contributed by atoms with Crippen molar-refractivity contribution in [1.82, 2.24) is 9.99 Å². The minimum Gasteiger partial charge on any atom is -0.454 e. The monoisotopic (exact) mass is 376 g/mol. The second-order valence-electron chi connectivity index (χ2n) is 6.26. The fraction of sp³-hybridized carbons (Fsp3) is 0.143. The number of carbonyl (C=O) groups is 1. The number of allylic oxidation sites excluding steroid dienone is 1. The number of aromatic nitrogens is 1. The number of ether oxygens (including phenoxy) is 2. The molecule has 0 bridgehead atoms. The van der Waals surface area contributed by atoms with E-state index < -0.39 is 0 Å². The molecule has 0 atom stereocenters. The average molecular weight is 376 g/mol. The Morgan fingerprint density at radius 2 is 2.07 bits per heavy atom. The first-order valence-corrected chi connectivity index (χ1v) is 8.89. The van der Waals surface area contributed by atoms with E-state index in [4.69, 9.17) is 9.47 Å². The zero-order valence-corrected chi connectivity index (χ0v) is 15.2. The highest BCUT2D eigenvalue weighted by Gasteiger charge is 2.13. The highest BCUT2D eigenvalue weighted by atomic mass is 16.7. The van der Waals surface area contributed by atoms with Crippen LogP contribution in [0.25, 0.3) is 10.9 Å². The van der Waals surface area contributed by atoms with Gasteiger partial charge in [0.25, 0.3) is 5.91 Å². The lowest BCUT2D eigenvalue weighted by Crippen LogP contribution is -2.25. The van der Waals surface area contributed by atoms with Crippen molar-refractivity contribution in [1.29, 1.82) is 0 Å². The normalized spacial score (nSPS) is 12.4. The van der Waals surface area contributed by atoms with Gasteiger partial charge in [-0.15, -0.1) is 6.58 Å². The highest BCUT2D eigenvalue weighted by Crippen LogP contribution is 2.34. The standard InChI is InChI=1S/C21H20N4O3/c1-2-9-25-13-15(17-5-3-4-6-18(17)25)11-23-24-21(26)12-22-16-7-8-19-20(10-16)28-14-27-19/h2-8,10-11,13,22H,1,9,12,14H2,(H,24,26)/b23-11-. The van der Waals surface area contributed by atoms with Crippen molar-refractivity contribution < 1.29 is 14.3 Å². The number of nitrogens with one attached hydrogen (secondary N) is 2. The summed E-state index contributed by atoms with van der Waals surface area (Å²) in [6.07, 6.45) is 5.49. The topological polar surface area (TPSA) is 76.9 Å². The molecule has 1 aliphatic heterocycles. The molecule has 0 saturated carbocycles. The Morgan fingerprint density at radius 1 is 1.21 bits per heavy atom. The van der Waals surface area contributed by atoms with E-state index in [1.54, 1.807) is 18.3 Å². The molecule has 7 heteroatoms. The molecule has 28 heavy (non-hydrogen) atoms. The lowest BCUT2D eigenvalue weighted by molar-refractivity contribution is -0.119. The lowest BCUT2D eigenvalue weighted by Gasteiger charge is -2.06. The summed E-state index contributed by atoms with van der Waals surface area (Å²) in [7, 11) is 0. The number of amides is 1. The van der Waals surface area contributed by atoms with Crippen LogP contribution in [0.15, 0.2) is 66.4 Å². The number of hydrogen-bond donors (Lipinski definition) is 2. The second kappa shape index (κ2) is 7.87. The molecule has 0 saturated heterocycles. The maximum Gasteiger partial charge on any atom is 0.259 e. The maximum absolute atomic E-state index is 12.0. The second-order valence-corrected chi connectivity index (χ2v) is 6.26. The quantitative estimate of drug-likeness (QED) is 0.377. The van der Waals surface area contributed by atoms with Gasteiger partial charge in [-0.3, -0.25) is 4.79 Å². The molecule has 0 spiro atoms. The van der Waals surface area contributed by atoms with Crippen molar-refractivity contribution in [3.63, 3.8) is 0 Å². The van der Waals surface area contributed by atoms with Gasteiger partial charge in [-0.2, -0.15) is 5.10 Å². The molecule has 0 fully saturated rings. The number of anilines is 1. The zero-order chi connectivity index (χ0) is 19.3. The van der Waals surface area contributed by atoms with Gasteiger partial charge in [0.15, 0.2) is 11.5 Å². The Kier molecular flexibility index (Phi) is 4.97. The molecule has 142 valence electrons. The van der Waals surface area contributed by atoms with Gasteiger partial charge >= 0.3 is 0 Å².